The average molecular weight is 250 g/mol. The molecule has 3 unspecified atom stereocenters. The van der Waals surface area contributed by atoms with Gasteiger partial charge in [-0.1, -0.05) is 6.92 Å². The van der Waals surface area contributed by atoms with Gasteiger partial charge in [0, 0.05) is 18.4 Å². The number of carbonyl (C=O) groups is 1. The maximum Gasteiger partial charge on any atom is 0.223 e. The van der Waals surface area contributed by atoms with Crippen LogP contribution < -0.4 is 10.6 Å². The molecular weight excluding hydrogens is 228 g/mol. The van der Waals surface area contributed by atoms with Crippen LogP contribution in [0.5, 0.6) is 0 Å². The van der Waals surface area contributed by atoms with Gasteiger partial charge in [0.15, 0.2) is 0 Å². The van der Waals surface area contributed by atoms with Crippen LogP contribution in [0.3, 0.4) is 0 Å². The molecule has 1 saturated heterocycles. The number of hydrogen-bond donors (Lipinski definition) is 2. The van der Waals surface area contributed by atoms with Gasteiger partial charge in [-0.25, -0.2) is 0 Å². The number of amides is 1. The predicted octanol–water partition coefficient (Wildman–Crippen LogP) is 1.57. The van der Waals surface area contributed by atoms with Gasteiger partial charge < -0.3 is 15.1 Å². The number of carbonyl (C=O) groups excluding carboxylic acids is 1. The normalized spacial score (nSPS) is 25.7. The zero-order valence-corrected chi connectivity index (χ0v) is 11.1. The van der Waals surface area contributed by atoms with Crippen molar-refractivity contribution in [3.05, 3.63) is 24.2 Å². The van der Waals surface area contributed by atoms with E-state index in [0.717, 1.165) is 31.7 Å². The van der Waals surface area contributed by atoms with Crippen LogP contribution in [0, 0.1) is 11.8 Å². The van der Waals surface area contributed by atoms with Crippen molar-refractivity contribution in [3.8, 4) is 0 Å². The van der Waals surface area contributed by atoms with Crippen molar-refractivity contribution in [2.24, 2.45) is 11.8 Å². The molecule has 18 heavy (non-hydrogen) atoms. The highest BCUT2D eigenvalue weighted by molar-refractivity contribution is 5.79. The Bertz CT molecular complexity index is 375. The lowest BCUT2D eigenvalue weighted by Crippen LogP contribution is -2.46. The molecule has 3 atom stereocenters. The second-order valence-electron chi connectivity index (χ2n) is 5.27. The third-order valence-corrected chi connectivity index (χ3v) is 3.60. The van der Waals surface area contributed by atoms with Crippen molar-refractivity contribution in [1.82, 2.24) is 10.6 Å². The van der Waals surface area contributed by atoms with Crippen molar-refractivity contribution in [2.75, 3.05) is 13.1 Å². The molecule has 2 heterocycles. The van der Waals surface area contributed by atoms with Crippen LogP contribution in [0.4, 0.5) is 0 Å². The first-order valence-corrected chi connectivity index (χ1v) is 6.70. The molecule has 1 aromatic rings. The Balaban J connectivity index is 1.82. The summed E-state index contributed by atoms with van der Waals surface area (Å²) >= 11 is 0. The van der Waals surface area contributed by atoms with Gasteiger partial charge in [0.1, 0.15) is 5.76 Å². The Labute approximate surface area is 108 Å². The minimum atomic E-state index is 0.116. The van der Waals surface area contributed by atoms with E-state index in [1.165, 1.54) is 0 Å². The van der Waals surface area contributed by atoms with Gasteiger partial charge in [-0.2, -0.15) is 0 Å². The largest absolute Gasteiger partial charge is 0.469 e. The maximum atomic E-state index is 12.2. The zero-order valence-electron chi connectivity index (χ0n) is 11.1. The van der Waals surface area contributed by atoms with Gasteiger partial charge in [-0.15, -0.1) is 0 Å². The second-order valence-corrected chi connectivity index (χ2v) is 5.27. The number of furan rings is 1. The molecule has 1 aromatic heterocycles. The summed E-state index contributed by atoms with van der Waals surface area (Å²) in [6, 6.07) is 3.93. The van der Waals surface area contributed by atoms with Crippen molar-refractivity contribution >= 4 is 5.91 Å². The number of hydrogen-bond acceptors (Lipinski definition) is 3. The Hall–Kier alpha value is -1.29. The number of piperidine rings is 1. The summed E-state index contributed by atoms with van der Waals surface area (Å²) < 4.78 is 5.29. The topological polar surface area (TPSA) is 54.3 Å². The minimum Gasteiger partial charge on any atom is -0.469 e. The summed E-state index contributed by atoms with van der Waals surface area (Å²) in [6.07, 6.45) is 3.34. The molecule has 2 rings (SSSR count). The molecule has 0 saturated carbocycles. The highest BCUT2D eigenvalue weighted by Gasteiger charge is 2.28. The molecule has 1 fully saturated rings. The van der Waals surface area contributed by atoms with Gasteiger partial charge in [-0.05, 0) is 44.5 Å². The van der Waals surface area contributed by atoms with Crippen LogP contribution in [0.15, 0.2) is 22.8 Å². The van der Waals surface area contributed by atoms with Crippen LogP contribution >= 0.6 is 0 Å². The molecule has 0 spiro atoms. The van der Waals surface area contributed by atoms with Crippen LogP contribution in [-0.2, 0) is 11.2 Å². The summed E-state index contributed by atoms with van der Waals surface area (Å²) in [5.74, 6) is 1.66. The van der Waals surface area contributed by atoms with Crippen LogP contribution in [0.1, 0.15) is 26.0 Å². The average Bonchev–Trinajstić information content (AvgIpc) is 2.82. The van der Waals surface area contributed by atoms with E-state index in [2.05, 4.69) is 17.6 Å². The van der Waals surface area contributed by atoms with Crippen molar-refractivity contribution in [1.29, 1.82) is 0 Å². The fourth-order valence-corrected chi connectivity index (χ4v) is 2.54. The predicted molar refractivity (Wildman–Crippen MR) is 70.2 cm³/mol. The Morgan fingerprint density at radius 2 is 2.50 bits per heavy atom. The van der Waals surface area contributed by atoms with Gasteiger partial charge in [0.05, 0.1) is 6.26 Å². The molecule has 0 bridgehead atoms. The summed E-state index contributed by atoms with van der Waals surface area (Å²) in [6.45, 7) is 6.03. The van der Waals surface area contributed by atoms with E-state index in [1.807, 2.05) is 19.1 Å². The third kappa shape index (κ3) is 3.35. The molecule has 4 heteroatoms. The van der Waals surface area contributed by atoms with E-state index < -0.39 is 0 Å². The SMILES string of the molecule is CC(Cc1ccco1)NC(=O)C1CCNCC1C. The molecule has 2 N–H and O–H groups in total. The van der Waals surface area contributed by atoms with Crippen LogP contribution in [0.2, 0.25) is 0 Å². The fraction of sp³-hybridized carbons (Fsp3) is 0.643. The molecule has 1 aliphatic heterocycles. The molecule has 4 nitrogen and oxygen atoms in total. The van der Waals surface area contributed by atoms with E-state index in [1.54, 1.807) is 6.26 Å². The van der Waals surface area contributed by atoms with Gasteiger partial charge >= 0.3 is 0 Å². The Morgan fingerprint density at radius 3 is 3.17 bits per heavy atom. The van der Waals surface area contributed by atoms with E-state index in [0.29, 0.717) is 5.92 Å². The highest BCUT2D eigenvalue weighted by atomic mass is 16.3. The van der Waals surface area contributed by atoms with Crippen molar-refractivity contribution in [3.63, 3.8) is 0 Å². The van der Waals surface area contributed by atoms with Crippen LogP contribution in [0.25, 0.3) is 0 Å². The first-order chi connectivity index (χ1) is 8.66. The van der Waals surface area contributed by atoms with Crippen LogP contribution in [-0.4, -0.2) is 25.0 Å². The lowest BCUT2D eigenvalue weighted by Gasteiger charge is -2.29. The molecule has 0 aliphatic carbocycles. The summed E-state index contributed by atoms with van der Waals surface area (Å²) in [5.41, 5.74) is 0. The van der Waals surface area contributed by atoms with E-state index in [9.17, 15) is 4.79 Å². The van der Waals surface area contributed by atoms with Crippen molar-refractivity contribution in [2.45, 2.75) is 32.7 Å². The molecule has 100 valence electrons. The quantitative estimate of drug-likeness (QED) is 0.853. The Morgan fingerprint density at radius 1 is 1.67 bits per heavy atom. The van der Waals surface area contributed by atoms with Crippen molar-refractivity contribution < 1.29 is 9.21 Å². The maximum absolute atomic E-state index is 12.2. The number of rotatable bonds is 4. The zero-order chi connectivity index (χ0) is 13.0. The molecule has 0 radical (unpaired) electrons. The lowest BCUT2D eigenvalue weighted by atomic mass is 9.87. The van der Waals surface area contributed by atoms with Gasteiger partial charge in [-0.3, -0.25) is 4.79 Å². The second kappa shape index (κ2) is 6.05. The standard InChI is InChI=1S/C14H22N2O2/c1-10-9-15-6-5-13(10)14(17)16-11(2)8-12-4-3-7-18-12/h3-4,7,10-11,13,15H,5-6,8-9H2,1-2H3,(H,16,17). The smallest absolute Gasteiger partial charge is 0.223 e. The third-order valence-electron chi connectivity index (χ3n) is 3.60. The summed E-state index contributed by atoms with van der Waals surface area (Å²) in [7, 11) is 0. The minimum absolute atomic E-state index is 0.116. The lowest BCUT2D eigenvalue weighted by molar-refractivity contribution is -0.127. The van der Waals surface area contributed by atoms with E-state index >= 15 is 0 Å². The van der Waals surface area contributed by atoms with E-state index in [4.69, 9.17) is 4.42 Å². The highest BCUT2D eigenvalue weighted by Crippen LogP contribution is 2.19. The monoisotopic (exact) mass is 250 g/mol. The van der Waals surface area contributed by atoms with Gasteiger partial charge in [0.25, 0.3) is 0 Å². The Kier molecular flexibility index (Phi) is 4.42. The molecular formula is C14H22N2O2. The van der Waals surface area contributed by atoms with E-state index in [-0.39, 0.29) is 17.9 Å². The fourth-order valence-electron chi connectivity index (χ4n) is 2.54. The van der Waals surface area contributed by atoms with Gasteiger partial charge in [0.2, 0.25) is 5.91 Å². The summed E-state index contributed by atoms with van der Waals surface area (Å²) in [4.78, 5) is 12.2. The summed E-state index contributed by atoms with van der Waals surface area (Å²) in [5, 5.41) is 6.41. The molecule has 0 aromatic carbocycles. The molecule has 1 aliphatic rings. The first kappa shape index (κ1) is 13.1. The number of nitrogens with one attached hydrogen (secondary N) is 2. The first-order valence-electron chi connectivity index (χ1n) is 6.70. The molecule has 1 amide bonds.